The summed E-state index contributed by atoms with van der Waals surface area (Å²) in [6.45, 7) is 6.39. The fourth-order valence-corrected chi connectivity index (χ4v) is 4.41. The molecule has 0 atom stereocenters. The van der Waals surface area contributed by atoms with E-state index in [4.69, 9.17) is 4.74 Å². The molecule has 32 heavy (non-hydrogen) atoms. The van der Waals surface area contributed by atoms with E-state index in [9.17, 15) is 4.79 Å². The molecular formula is C25H26N4O2S. The summed E-state index contributed by atoms with van der Waals surface area (Å²) in [4.78, 5) is 12.4. The first-order valence-corrected chi connectivity index (χ1v) is 11.4. The Kier molecular flexibility index (Phi) is 6.46. The van der Waals surface area contributed by atoms with Crippen LogP contribution in [-0.4, -0.2) is 26.4 Å². The number of carbonyl (C=O) groups excluding carboxylic acids is 1. The maximum Gasteiger partial charge on any atom is 0.234 e. The van der Waals surface area contributed by atoms with Crippen LogP contribution >= 0.6 is 11.8 Å². The number of amides is 1. The highest BCUT2D eigenvalue weighted by molar-refractivity contribution is 7.99. The van der Waals surface area contributed by atoms with E-state index in [2.05, 4.69) is 46.7 Å². The fourth-order valence-electron chi connectivity index (χ4n) is 3.68. The summed E-state index contributed by atoms with van der Waals surface area (Å²) in [6.07, 6.45) is 0. The third-order valence-corrected chi connectivity index (χ3v) is 6.29. The van der Waals surface area contributed by atoms with Gasteiger partial charge >= 0.3 is 0 Å². The molecule has 1 amide bonds. The number of benzene rings is 3. The van der Waals surface area contributed by atoms with Crippen LogP contribution in [0, 0.1) is 20.8 Å². The molecule has 4 rings (SSSR count). The summed E-state index contributed by atoms with van der Waals surface area (Å²) in [5.41, 5.74) is 4.15. The molecule has 0 aliphatic heterocycles. The van der Waals surface area contributed by atoms with Crippen LogP contribution in [0.5, 0.6) is 5.75 Å². The molecule has 0 unspecified atom stereocenters. The number of thioether (sulfide) groups is 1. The molecule has 6 nitrogen and oxygen atoms in total. The van der Waals surface area contributed by atoms with Crippen LogP contribution in [-0.2, 0) is 18.4 Å². The van der Waals surface area contributed by atoms with E-state index in [1.807, 2.05) is 55.8 Å². The Bertz CT molecular complexity index is 1260. The minimum absolute atomic E-state index is 0.0763. The second kappa shape index (κ2) is 9.44. The molecule has 4 aromatic rings. The van der Waals surface area contributed by atoms with Gasteiger partial charge in [-0.2, -0.15) is 0 Å². The van der Waals surface area contributed by atoms with Crippen LogP contribution < -0.4 is 10.1 Å². The zero-order chi connectivity index (χ0) is 22.7. The van der Waals surface area contributed by atoms with Crippen molar-refractivity contribution in [3.8, 4) is 5.75 Å². The van der Waals surface area contributed by atoms with Crippen molar-refractivity contribution in [3.63, 3.8) is 0 Å². The zero-order valence-corrected chi connectivity index (χ0v) is 19.5. The van der Waals surface area contributed by atoms with Gasteiger partial charge in [-0.25, -0.2) is 0 Å². The van der Waals surface area contributed by atoms with E-state index < -0.39 is 0 Å². The van der Waals surface area contributed by atoms with Gasteiger partial charge in [0.25, 0.3) is 0 Å². The molecule has 0 bridgehead atoms. The van der Waals surface area contributed by atoms with E-state index in [0.717, 1.165) is 28.1 Å². The summed E-state index contributed by atoms with van der Waals surface area (Å²) < 4.78 is 7.91. The maximum atomic E-state index is 12.4. The monoisotopic (exact) mass is 446 g/mol. The number of aryl methyl sites for hydroxylation is 3. The predicted octanol–water partition coefficient (Wildman–Crippen LogP) is 5.20. The molecule has 164 valence electrons. The van der Waals surface area contributed by atoms with Crippen molar-refractivity contribution >= 4 is 34.1 Å². The van der Waals surface area contributed by atoms with E-state index >= 15 is 0 Å². The van der Waals surface area contributed by atoms with Gasteiger partial charge in [0.2, 0.25) is 5.91 Å². The van der Waals surface area contributed by atoms with Crippen LogP contribution in [0.4, 0.5) is 5.69 Å². The number of aromatic nitrogens is 3. The van der Waals surface area contributed by atoms with Gasteiger partial charge < -0.3 is 14.6 Å². The predicted molar refractivity (Wildman–Crippen MR) is 129 cm³/mol. The number of nitrogens with one attached hydrogen (secondary N) is 1. The first-order chi connectivity index (χ1) is 15.4. The normalized spacial score (nSPS) is 11.0. The fraction of sp³-hybridized carbons (Fsp3) is 0.240. The average molecular weight is 447 g/mol. The number of nitrogens with zero attached hydrogens (tertiary/aromatic N) is 3. The summed E-state index contributed by atoms with van der Waals surface area (Å²) in [7, 11) is 1.89. The Labute approximate surface area is 192 Å². The standard InChI is InChI=1S/C25H26N4O2S/c1-16-11-17(2)13-20(12-16)26-24(30)15-32-25-28-27-23(29(25)4)14-31-22-10-9-19-7-5-6-8-21(19)18(22)3/h5-13H,14-15H2,1-4H3,(H,26,30). The molecule has 0 aliphatic rings. The Morgan fingerprint density at radius 2 is 1.78 bits per heavy atom. The quantitative estimate of drug-likeness (QED) is 0.395. The Hall–Kier alpha value is -3.32. The smallest absolute Gasteiger partial charge is 0.234 e. The minimum Gasteiger partial charge on any atom is -0.485 e. The summed E-state index contributed by atoms with van der Waals surface area (Å²) >= 11 is 1.35. The van der Waals surface area contributed by atoms with Gasteiger partial charge in [0.05, 0.1) is 5.75 Å². The average Bonchev–Trinajstić information content (AvgIpc) is 3.11. The number of carbonyl (C=O) groups is 1. The Morgan fingerprint density at radius 1 is 1.03 bits per heavy atom. The lowest BCUT2D eigenvalue weighted by Crippen LogP contribution is -2.14. The molecule has 3 aromatic carbocycles. The lowest BCUT2D eigenvalue weighted by molar-refractivity contribution is -0.113. The second-order valence-electron chi connectivity index (χ2n) is 7.87. The first-order valence-electron chi connectivity index (χ1n) is 10.4. The van der Waals surface area contributed by atoms with Gasteiger partial charge in [0.1, 0.15) is 12.4 Å². The number of anilines is 1. The highest BCUT2D eigenvalue weighted by Gasteiger charge is 2.13. The van der Waals surface area contributed by atoms with Crippen LogP contribution in [0.1, 0.15) is 22.5 Å². The maximum absolute atomic E-state index is 12.4. The van der Waals surface area contributed by atoms with Crippen molar-refractivity contribution < 1.29 is 9.53 Å². The van der Waals surface area contributed by atoms with Crippen LogP contribution in [0.3, 0.4) is 0 Å². The molecule has 1 aromatic heterocycles. The molecule has 1 N–H and O–H groups in total. The molecule has 1 heterocycles. The van der Waals surface area contributed by atoms with Crippen LogP contribution in [0.15, 0.2) is 59.8 Å². The lowest BCUT2D eigenvalue weighted by Gasteiger charge is -2.11. The molecule has 0 saturated heterocycles. The van der Waals surface area contributed by atoms with Crippen molar-refractivity contribution in [1.82, 2.24) is 14.8 Å². The number of fused-ring (bicyclic) bond motifs is 1. The van der Waals surface area contributed by atoms with E-state index in [0.29, 0.717) is 17.6 Å². The van der Waals surface area contributed by atoms with Gasteiger partial charge in [0, 0.05) is 12.7 Å². The number of ether oxygens (including phenoxy) is 1. The van der Waals surface area contributed by atoms with Crippen molar-refractivity contribution in [2.75, 3.05) is 11.1 Å². The van der Waals surface area contributed by atoms with Crippen molar-refractivity contribution in [1.29, 1.82) is 0 Å². The van der Waals surface area contributed by atoms with Gasteiger partial charge in [0.15, 0.2) is 11.0 Å². The van der Waals surface area contributed by atoms with Crippen LogP contribution in [0.25, 0.3) is 10.8 Å². The van der Waals surface area contributed by atoms with Gasteiger partial charge in [-0.05, 0) is 66.4 Å². The SMILES string of the molecule is Cc1cc(C)cc(NC(=O)CSc2nnc(COc3ccc4ccccc4c3C)n2C)c1. The summed E-state index contributed by atoms with van der Waals surface area (Å²) in [5, 5.41) is 14.5. The first kappa shape index (κ1) is 21.9. The highest BCUT2D eigenvalue weighted by Crippen LogP contribution is 2.28. The minimum atomic E-state index is -0.0763. The Balaban J connectivity index is 1.36. The molecular weight excluding hydrogens is 420 g/mol. The zero-order valence-electron chi connectivity index (χ0n) is 18.7. The lowest BCUT2D eigenvalue weighted by atomic mass is 10.0. The van der Waals surface area contributed by atoms with Gasteiger partial charge in [-0.3, -0.25) is 4.79 Å². The Morgan fingerprint density at radius 3 is 2.56 bits per heavy atom. The molecule has 0 spiro atoms. The second-order valence-corrected chi connectivity index (χ2v) is 8.81. The van der Waals surface area contributed by atoms with E-state index in [1.165, 1.54) is 22.5 Å². The third kappa shape index (κ3) is 4.94. The van der Waals surface area contributed by atoms with Crippen molar-refractivity contribution in [2.24, 2.45) is 7.05 Å². The summed E-state index contributed by atoms with van der Waals surface area (Å²) in [5.74, 6) is 1.71. The van der Waals surface area contributed by atoms with Gasteiger partial charge in [-0.15, -0.1) is 10.2 Å². The number of rotatable bonds is 7. The van der Waals surface area contributed by atoms with Crippen LogP contribution in [0.2, 0.25) is 0 Å². The summed E-state index contributed by atoms with van der Waals surface area (Å²) in [6, 6.07) is 18.3. The molecule has 0 aliphatic carbocycles. The molecule has 0 saturated carbocycles. The number of hydrogen-bond donors (Lipinski definition) is 1. The van der Waals surface area contributed by atoms with Gasteiger partial charge in [-0.1, -0.05) is 48.2 Å². The number of hydrogen-bond acceptors (Lipinski definition) is 5. The topological polar surface area (TPSA) is 69.0 Å². The molecule has 0 radical (unpaired) electrons. The highest BCUT2D eigenvalue weighted by atomic mass is 32.2. The third-order valence-electron chi connectivity index (χ3n) is 5.27. The van der Waals surface area contributed by atoms with Crippen molar-refractivity contribution in [3.05, 3.63) is 77.1 Å². The molecule has 0 fully saturated rings. The van der Waals surface area contributed by atoms with E-state index in [1.54, 1.807) is 0 Å². The van der Waals surface area contributed by atoms with Crippen molar-refractivity contribution in [2.45, 2.75) is 32.5 Å². The molecule has 7 heteroatoms. The van der Waals surface area contributed by atoms with E-state index in [-0.39, 0.29) is 11.7 Å². The largest absolute Gasteiger partial charge is 0.485 e.